The van der Waals surface area contributed by atoms with Gasteiger partial charge >= 0.3 is 12.1 Å². The van der Waals surface area contributed by atoms with Crippen molar-refractivity contribution < 1.29 is 62.4 Å². The summed E-state index contributed by atoms with van der Waals surface area (Å²) in [6.07, 6.45) is -7.35. The average Bonchev–Trinajstić information content (AvgIpc) is 3.57. The Labute approximate surface area is 308 Å². The van der Waals surface area contributed by atoms with E-state index in [0.29, 0.717) is 25.0 Å². The van der Waals surface area contributed by atoms with Gasteiger partial charge in [0, 0.05) is 31.9 Å². The molecule has 0 aromatic carbocycles. The fraction of sp³-hybridized carbons (Fsp3) is 0.895. The van der Waals surface area contributed by atoms with Crippen molar-refractivity contribution in [3.63, 3.8) is 0 Å². The molecule has 5 rings (SSSR count). The number of rotatable bonds is 7. The summed E-state index contributed by atoms with van der Waals surface area (Å²) in [5, 5.41) is 22.6. The zero-order valence-electron chi connectivity index (χ0n) is 33.2. The van der Waals surface area contributed by atoms with Crippen molar-refractivity contribution in [1.29, 1.82) is 0 Å². The Hall–Kier alpha value is -2.04. The summed E-state index contributed by atoms with van der Waals surface area (Å²) in [6.45, 7) is 18.6. The van der Waals surface area contributed by atoms with E-state index in [1.807, 2.05) is 60.5 Å². The summed E-state index contributed by atoms with van der Waals surface area (Å²) in [6, 6.07) is -0.233. The Morgan fingerprint density at radius 1 is 0.942 bits per heavy atom. The van der Waals surface area contributed by atoms with Crippen molar-refractivity contribution in [1.82, 2.24) is 4.90 Å². The molecule has 4 saturated heterocycles. The second kappa shape index (κ2) is 15.2. The standard InChI is InChI=1S/C38H63NO13/c1-14-25-38(10)32(50-35(43)52-38)20(4)28-18(2)16-37(9,51-28)31(49-34-27(40)24(39(11)12)15-19(3)45-34)21(5)29(22(6)33(42)47-25)48-26-17-36(8,44-13)30(41)23(7)46-26/h19-27,29-32,34,40-41H,14-17H2,1-13H3/t19?,20-,21-,22+,23?,24?,25+,26?,27?,29-,30?,31+,32+,34?,36?,37+,38+/m0/s1. The Bertz CT molecular complexity index is 1340. The number of aliphatic hydroxyl groups excluding tert-OH is 2. The van der Waals surface area contributed by atoms with Crippen molar-refractivity contribution in [2.45, 2.75) is 179 Å². The van der Waals surface area contributed by atoms with Crippen LogP contribution in [0.3, 0.4) is 0 Å². The van der Waals surface area contributed by atoms with Crippen molar-refractivity contribution in [2.75, 3.05) is 21.2 Å². The number of aliphatic hydroxyl groups is 2. The second-order valence-electron chi connectivity index (χ2n) is 16.7. The first-order valence-electron chi connectivity index (χ1n) is 18.9. The Balaban J connectivity index is 1.62. The third-order valence-electron chi connectivity index (χ3n) is 12.4. The molecular formula is C38H63NO13. The minimum atomic E-state index is -1.32. The van der Waals surface area contributed by atoms with Crippen molar-refractivity contribution in [2.24, 2.45) is 17.8 Å². The quantitative estimate of drug-likeness (QED) is 0.360. The van der Waals surface area contributed by atoms with Crippen molar-refractivity contribution in [3.8, 4) is 0 Å². The van der Waals surface area contributed by atoms with Crippen LogP contribution < -0.4 is 0 Å². The summed E-state index contributed by atoms with van der Waals surface area (Å²) in [5.74, 6) is -1.92. The van der Waals surface area contributed by atoms with Gasteiger partial charge in [-0.15, -0.1) is 0 Å². The van der Waals surface area contributed by atoms with E-state index < -0.39 is 102 Å². The van der Waals surface area contributed by atoms with Gasteiger partial charge in [-0.05, 0) is 81.0 Å². The van der Waals surface area contributed by atoms with Crippen LogP contribution in [0.5, 0.6) is 0 Å². The van der Waals surface area contributed by atoms with Crippen LogP contribution in [-0.4, -0.2) is 133 Å². The number of hydrogen-bond acceptors (Lipinski definition) is 14. The molecule has 8 unspecified atom stereocenters. The number of cyclic esters (lactones) is 1. The maximum absolute atomic E-state index is 14.3. The molecule has 2 bridgehead atoms. The Morgan fingerprint density at radius 3 is 2.23 bits per heavy atom. The SMILES string of the molecule is CC[C@H]1OC(=O)[C@H](C)[C@@H](OC2CC(C)(OC)C(O)C(C)O2)[C@H](C)[C@@H](OC2OC(C)CC(N(C)C)C2O)[C@@]2(C)CC(C)=C(O2)[C@H](C)[C@H]2OC(=O)O[C@@]21C. The molecule has 2 N–H and O–H groups in total. The van der Waals surface area contributed by atoms with Crippen LogP contribution in [0.4, 0.5) is 4.79 Å². The molecule has 5 aliphatic heterocycles. The number of fused-ring (bicyclic) bond motifs is 3. The largest absolute Gasteiger partial charge is 0.509 e. The van der Waals surface area contributed by atoms with Gasteiger partial charge < -0.3 is 57.7 Å². The maximum Gasteiger partial charge on any atom is 0.509 e. The highest BCUT2D eigenvalue weighted by molar-refractivity contribution is 5.73. The van der Waals surface area contributed by atoms with Crippen LogP contribution in [0.1, 0.15) is 94.9 Å². The second-order valence-corrected chi connectivity index (χ2v) is 16.7. The van der Waals surface area contributed by atoms with Gasteiger partial charge in [0.25, 0.3) is 0 Å². The molecule has 4 fully saturated rings. The van der Waals surface area contributed by atoms with Gasteiger partial charge in [0.1, 0.15) is 35.8 Å². The number of hydrogen-bond donors (Lipinski definition) is 2. The van der Waals surface area contributed by atoms with Crippen LogP contribution in [0.25, 0.3) is 0 Å². The predicted octanol–water partition coefficient (Wildman–Crippen LogP) is 4.07. The van der Waals surface area contributed by atoms with E-state index in [2.05, 4.69) is 0 Å². The zero-order valence-corrected chi connectivity index (χ0v) is 33.2. The lowest BCUT2D eigenvalue weighted by atomic mass is 9.78. The monoisotopic (exact) mass is 741 g/mol. The molecule has 298 valence electrons. The molecule has 52 heavy (non-hydrogen) atoms. The van der Waals surface area contributed by atoms with E-state index in [4.69, 9.17) is 42.6 Å². The molecule has 0 amide bonds. The van der Waals surface area contributed by atoms with Gasteiger partial charge in [0.15, 0.2) is 24.3 Å². The molecule has 0 saturated carbocycles. The summed E-state index contributed by atoms with van der Waals surface area (Å²) >= 11 is 0. The molecule has 17 atom stereocenters. The highest BCUT2D eigenvalue weighted by Crippen LogP contribution is 2.49. The predicted molar refractivity (Wildman–Crippen MR) is 187 cm³/mol. The first-order chi connectivity index (χ1) is 24.2. The molecule has 5 aliphatic rings. The average molecular weight is 742 g/mol. The normalized spacial score (nSPS) is 48.8. The smallest absolute Gasteiger partial charge is 0.488 e. The van der Waals surface area contributed by atoms with E-state index >= 15 is 0 Å². The van der Waals surface area contributed by atoms with Crippen LogP contribution in [0.2, 0.25) is 0 Å². The van der Waals surface area contributed by atoms with Gasteiger partial charge in [0.2, 0.25) is 0 Å². The molecule has 0 radical (unpaired) electrons. The summed E-state index contributed by atoms with van der Waals surface area (Å²) in [7, 11) is 5.36. The lowest BCUT2D eigenvalue weighted by Gasteiger charge is -2.48. The number of ether oxygens (including phenoxy) is 9. The number of carbonyl (C=O) groups excluding carboxylic acids is 2. The van der Waals surface area contributed by atoms with Crippen LogP contribution in [0.15, 0.2) is 11.3 Å². The van der Waals surface area contributed by atoms with E-state index in [1.165, 1.54) is 7.11 Å². The van der Waals surface area contributed by atoms with E-state index in [-0.39, 0.29) is 18.6 Å². The topological polar surface area (TPSA) is 161 Å². The third kappa shape index (κ3) is 7.47. The van der Waals surface area contributed by atoms with Crippen molar-refractivity contribution >= 4 is 12.1 Å². The number of methoxy groups -OCH3 is 1. The van der Waals surface area contributed by atoms with E-state index in [1.54, 1.807) is 27.7 Å². The molecule has 5 heterocycles. The van der Waals surface area contributed by atoms with E-state index in [0.717, 1.165) is 5.57 Å². The van der Waals surface area contributed by atoms with Gasteiger partial charge in [-0.25, -0.2) is 4.79 Å². The highest BCUT2D eigenvalue weighted by Gasteiger charge is 2.61. The van der Waals surface area contributed by atoms with Crippen LogP contribution >= 0.6 is 0 Å². The fourth-order valence-corrected chi connectivity index (χ4v) is 9.35. The number of carbonyl (C=O) groups is 2. The Morgan fingerprint density at radius 2 is 1.62 bits per heavy atom. The number of esters is 1. The summed E-state index contributed by atoms with van der Waals surface area (Å²) < 4.78 is 56.9. The lowest BCUT2D eigenvalue weighted by molar-refractivity contribution is -0.316. The van der Waals surface area contributed by atoms with Gasteiger partial charge in [-0.2, -0.15) is 0 Å². The zero-order chi connectivity index (χ0) is 38.7. The minimum absolute atomic E-state index is 0.179. The summed E-state index contributed by atoms with van der Waals surface area (Å²) in [5.41, 5.74) is -2.42. The maximum atomic E-state index is 14.3. The van der Waals surface area contributed by atoms with Gasteiger partial charge in [-0.1, -0.05) is 20.8 Å². The molecule has 14 nitrogen and oxygen atoms in total. The fourth-order valence-electron chi connectivity index (χ4n) is 9.35. The van der Waals surface area contributed by atoms with Gasteiger partial charge in [-0.3, -0.25) is 4.79 Å². The molecule has 0 aromatic heterocycles. The highest BCUT2D eigenvalue weighted by atomic mass is 16.8. The van der Waals surface area contributed by atoms with Crippen LogP contribution in [0, 0.1) is 17.8 Å². The first kappa shape index (κ1) is 41.1. The molecule has 0 spiro atoms. The lowest BCUT2D eigenvalue weighted by Crippen LogP contribution is -2.60. The molecule has 0 aromatic rings. The molecular weight excluding hydrogens is 678 g/mol. The van der Waals surface area contributed by atoms with Crippen LogP contribution in [-0.2, 0) is 47.4 Å². The number of nitrogens with zero attached hydrogens (tertiary/aromatic N) is 1. The summed E-state index contributed by atoms with van der Waals surface area (Å²) in [4.78, 5) is 29.1. The van der Waals surface area contributed by atoms with Gasteiger partial charge in [0.05, 0.1) is 35.7 Å². The Kier molecular flexibility index (Phi) is 12.1. The third-order valence-corrected chi connectivity index (χ3v) is 12.4. The molecule has 14 heteroatoms. The minimum Gasteiger partial charge on any atom is -0.488 e. The number of likely N-dealkylation sites (N-methyl/N-ethyl adjacent to an activating group) is 1. The first-order valence-corrected chi connectivity index (χ1v) is 18.9. The van der Waals surface area contributed by atoms with Crippen molar-refractivity contribution in [3.05, 3.63) is 11.3 Å². The molecule has 0 aliphatic carbocycles. The van der Waals surface area contributed by atoms with E-state index in [9.17, 15) is 19.8 Å².